The largest absolute Gasteiger partial charge is 2.00 e. The van der Waals surface area contributed by atoms with E-state index in [2.05, 4.69) is 9.47 Å². The topological polar surface area (TPSA) is 64.6 Å². The Hall–Kier alpha value is 0.463. The smallest absolute Gasteiger partial charge is 0.853 e. The van der Waals surface area contributed by atoms with E-state index >= 15 is 0 Å². The van der Waals surface area contributed by atoms with Crippen LogP contribution in [0, 0.1) is 0 Å². The molecule has 2 unspecified atom stereocenters. The van der Waals surface area contributed by atoms with Gasteiger partial charge in [-0.25, -0.2) is 0 Å². The molecule has 0 aliphatic carbocycles. The van der Waals surface area contributed by atoms with Gasteiger partial charge in [0.1, 0.15) is 0 Å². The van der Waals surface area contributed by atoms with Crippen LogP contribution < -0.4 is 10.2 Å². The van der Waals surface area contributed by atoms with Crippen molar-refractivity contribution in [1.29, 1.82) is 0 Å². The standard InChI is InChI=1S/2C4H9O2.Zn/c2*1-4(3-5)6-2;/h2*4H,3H2,1-2H3;/q2*-1;+2. The molecule has 0 N–H and O–H groups in total. The predicted molar refractivity (Wildman–Crippen MR) is 42.7 cm³/mol. The van der Waals surface area contributed by atoms with Gasteiger partial charge in [0.15, 0.2) is 0 Å². The van der Waals surface area contributed by atoms with Crippen LogP contribution in [-0.4, -0.2) is 39.6 Å². The van der Waals surface area contributed by atoms with Gasteiger partial charge in [-0.1, -0.05) is 0 Å². The maximum absolute atomic E-state index is 9.74. The van der Waals surface area contributed by atoms with Crippen molar-refractivity contribution >= 4 is 0 Å². The third-order valence-electron chi connectivity index (χ3n) is 1.27. The Labute approximate surface area is 93.0 Å². The molecule has 13 heavy (non-hydrogen) atoms. The molecule has 0 aromatic carbocycles. The Morgan fingerprint density at radius 1 is 0.923 bits per heavy atom. The summed E-state index contributed by atoms with van der Waals surface area (Å²) in [6.07, 6.45) is -0.241. The first-order valence-electron chi connectivity index (χ1n) is 3.84. The van der Waals surface area contributed by atoms with Crippen molar-refractivity contribution in [3.8, 4) is 0 Å². The minimum atomic E-state index is -0.142. The average molecular weight is 244 g/mol. The third kappa shape index (κ3) is 19.0. The molecular formula is C8H18O4Zn. The first kappa shape index (κ1) is 19.1. The molecule has 0 aromatic heterocycles. The van der Waals surface area contributed by atoms with E-state index in [1.807, 2.05) is 0 Å². The average Bonchev–Trinajstić information content (AvgIpc) is 2.16. The quantitative estimate of drug-likeness (QED) is 0.580. The number of hydrogen-bond donors (Lipinski definition) is 0. The van der Waals surface area contributed by atoms with E-state index in [9.17, 15) is 10.2 Å². The Morgan fingerprint density at radius 2 is 1.15 bits per heavy atom. The second-order valence-corrected chi connectivity index (χ2v) is 2.43. The summed E-state index contributed by atoms with van der Waals surface area (Å²) in [7, 11) is 3.06. The van der Waals surface area contributed by atoms with Crippen molar-refractivity contribution in [2.45, 2.75) is 26.1 Å². The second-order valence-electron chi connectivity index (χ2n) is 2.43. The van der Waals surface area contributed by atoms with Gasteiger partial charge in [-0.3, -0.25) is 0 Å². The van der Waals surface area contributed by atoms with Crippen LogP contribution in [0.1, 0.15) is 13.8 Å². The molecule has 76 valence electrons. The van der Waals surface area contributed by atoms with Gasteiger partial charge in [0.2, 0.25) is 0 Å². The van der Waals surface area contributed by atoms with E-state index < -0.39 is 0 Å². The van der Waals surface area contributed by atoms with Crippen LogP contribution in [-0.2, 0) is 29.0 Å². The van der Waals surface area contributed by atoms with Gasteiger partial charge < -0.3 is 19.7 Å². The SMILES string of the molecule is COC(C)C[O-].COC(C)C[O-].[Zn+2]. The summed E-state index contributed by atoms with van der Waals surface area (Å²) in [5.41, 5.74) is 0. The van der Waals surface area contributed by atoms with Crippen LogP contribution in [0.25, 0.3) is 0 Å². The zero-order valence-electron chi connectivity index (χ0n) is 8.91. The minimum Gasteiger partial charge on any atom is -0.853 e. The fourth-order valence-corrected chi connectivity index (χ4v) is 0.136. The van der Waals surface area contributed by atoms with Crippen LogP contribution in [0.3, 0.4) is 0 Å². The first-order valence-corrected chi connectivity index (χ1v) is 3.84. The van der Waals surface area contributed by atoms with Crippen molar-refractivity contribution in [2.24, 2.45) is 0 Å². The number of rotatable bonds is 4. The predicted octanol–water partition coefficient (Wildman–Crippen LogP) is -1.24. The van der Waals surface area contributed by atoms with Crippen molar-refractivity contribution in [2.75, 3.05) is 27.4 Å². The normalized spacial score (nSPS) is 13.4. The number of hydrogen-bond acceptors (Lipinski definition) is 4. The molecule has 0 rings (SSSR count). The fraction of sp³-hybridized carbons (Fsp3) is 1.00. The van der Waals surface area contributed by atoms with Crippen LogP contribution in [0.4, 0.5) is 0 Å². The summed E-state index contributed by atoms with van der Waals surface area (Å²) in [6.45, 7) is 3.20. The summed E-state index contributed by atoms with van der Waals surface area (Å²) in [4.78, 5) is 0. The third-order valence-corrected chi connectivity index (χ3v) is 1.27. The summed E-state index contributed by atoms with van der Waals surface area (Å²) in [5, 5.41) is 19.5. The van der Waals surface area contributed by atoms with Gasteiger partial charge >= 0.3 is 19.5 Å². The van der Waals surface area contributed by atoms with E-state index in [4.69, 9.17) is 0 Å². The number of methoxy groups -OCH3 is 2. The van der Waals surface area contributed by atoms with E-state index in [1.54, 1.807) is 13.8 Å². The van der Waals surface area contributed by atoms with Gasteiger partial charge in [-0.2, -0.15) is 0 Å². The summed E-state index contributed by atoms with van der Waals surface area (Å²) < 4.78 is 9.17. The molecule has 0 radical (unpaired) electrons. The summed E-state index contributed by atoms with van der Waals surface area (Å²) in [5.74, 6) is 0. The zero-order valence-corrected chi connectivity index (χ0v) is 11.9. The maximum Gasteiger partial charge on any atom is 2.00 e. The Morgan fingerprint density at radius 3 is 1.15 bits per heavy atom. The monoisotopic (exact) mass is 242 g/mol. The second kappa shape index (κ2) is 15.0. The molecule has 0 bridgehead atoms. The van der Waals surface area contributed by atoms with Gasteiger partial charge in [0.25, 0.3) is 0 Å². The summed E-state index contributed by atoms with van der Waals surface area (Å²) >= 11 is 0. The van der Waals surface area contributed by atoms with Gasteiger partial charge in [-0.05, 0) is 13.8 Å². The molecule has 0 spiro atoms. The van der Waals surface area contributed by atoms with E-state index in [0.29, 0.717) is 0 Å². The van der Waals surface area contributed by atoms with Gasteiger partial charge in [0, 0.05) is 26.4 Å². The van der Waals surface area contributed by atoms with Crippen molar-refractivity contribution in [3.05, 3.63) is 0 Å². The molecule has 0 fully saturated rings. The molecule has 0 aliphatic heterocycles. The molecule has 0 aromatic rings. The van der Waals surface area contributed by atoms with Crippen molar-refractivity contribution in [1.82, 2.24) is 0 Å². The molecule has 4 nitrogen and oxygen atoms in total. The Kier molecular flexibility index (Phi) is 22.0. The molecule has 0 aliphatic rings. The van der Waals surface area contributed by atoms with E-state index in [0.717, 1.165) is 0 Å². The van der Waals surface area contributed by atoms with Crippen LogP contribution in [0.2, 0.25) is 0 Å². The molecule has 0 saturated carbocycles. The molecule has 0 saturated heterocycles. The van der Waals surface area contributed by atoms with Crippen LogP contribution in [0.5, 0.6) is 0 Å². The minimum absolute atomic E-state index is 0. The molecule has 0 heterocycles. The van der Waals surface area contributed by atoms with Crippen LogP contribution >= 0.6 is 0 Å². The van der Waals surface area contributed by atoms with E-state index in [-0.39, 0.29) is 44.9 Å². The fourth-order valence-electron chi connectivity index (χ4n) is 0.136. The Balaban J connectivity index is -0.000000143. The zero-order chi connectivity index (χ0) is 9.98. The molecular weight excluding hydrogens is 225 g/mol. The maximum atomic E-state index is 9.74. The first-order chi connectivity index (χ1) is 5.62. The van der Waals surface area contributed by atoms with Crippen LogP contribution in [0.15, 0.2) is 0 Å². The Bertz CT molecular complexity index is 64.5. The molecule has 2 atom stereocenters. The van der Waals surface area contributed by atoms with Crippen molar-refractivity contribution < 1.29 is 39.2 Å². The van der Waals surface area contributed by atoms with E-state index in [1.165, 1.54) is 14.2 Å². The number of ether oxygens (including phenoxy) is 2. The van der Waals surface area contributed by atoms with Gasteiger partial charge in [0.05, 0.1) is 0 Å². The summed E-state index contributed by atoms with van der Waals surface area (Å²) in [6, 6.07) is 0. The van der Waals surface area contributed by atoms with Gasteiger partial charge in [-0.15, -0.1) is 13.2 Å². The molecule has 0 amide bonds. The van der Waals surface area contributed by atoms with Crippen molar-refractivity contribution in [3.63, 3.8) is 0 Å². The molecule has 5 heteroatoms.